The lowest BCUT2D eigenvalue weighted by Gasteiger charge is -2.31. The standard InChI is InChI=1S/C17H24N2O2/c1-11(2)17(21,12-6-4-3-5-7-12)16(20)19-10-15-13-8-18-9-14(13)15/h3-7,11,13-15,18,21H,8-10H2,1-2H3,(H,19,20)/t13-,14+,15+,17-/m1/s1. The summed E-state index contributed by atoms with van der Waals surface area (Å²) in [5.74, 6) is 1.56. The van der Waals surface area contributed by atoms with Crippen LogP contribution in [-0.4, -0.2) is 30.6 Å². The summed E-state index contributed by atoms with van der Waals surface area (Å²) in [6.45, 7) is 6.57. The molecule has 0 aromatic heterocycles. The fourth-order valence-corrected chi connectivity index (χ4v) is 3.61. The SMILES string of the molecule is CC(C)[C@](O)(C(=O)NC[C@H]1[C@@H]2CNC[C@@H]21)c1ccccc1. The molecule has 0 unspecified atom stereocenters. The Morgan fingerprint density at radius 3 is 2.52 bits per heavy atom. The van der Waals surface area contributed by atoms with Gasteiger partial charge in [0.15, 0.2) is 5.60 Å². The van der Waals surface area contributed by atoms with E-state index in [0.717, 1.165) is 13.1 Å². The quantitative estimate of drug-likeness (QED) is 0.761. The summed E-state index contributed by atoms with van der Waals surface area (Å²) in [4.78, 5) is 12.6. The fourth-order valence-electron chi connectivity index (χ4n) is 3.61. The Labute approximate surface area is 125 Å². The molecule has 1 aliphatic carbocycles. The maximum atomic E-state index is 12.6. The molecule has 0 bridgehead atoms. The van der Waals surface area contributed by atoms with Crippen molar-refractivity contribution in [3.8, 4) is 0 Å². The van der Waals surface area contributed by atoms with Crippen LogP contribution in [0.25, 0.3) is 0 Å². The summed E-state index contributed by atoms with van der Waals surface area (Å²) in [6, 6.07) is 9.23. The predicted molar refractivity (Wildman–Crippen MR) is 81.5 cm³/mol. The molecule has 1 aromatic carbocycles. The van der Waals surface area contributed by atoms with Crippen LogP contribution in [0.4, 0.5) is 0 Å². The van der Waals surface area contributed by atoms with Gasteiger partial charge in [-0.25, -0.2) is 0 Å². The van der Waals surface area contributed by atoms with Crippen molar-refractivity contribution in [1.82, 2.24) is 10.6 Å². The van der Waals surface area contributed by atoms with Gasteiger partial charge in [0.05, 0.1) is 0 Å². The zero-order chi connectivity index (χ0) is 15.0. The lowest BCUT2D eigenvalue weighted by molar-refractivity contribution is -0.146. The van der Waals surface area contributed by atoms with Crippen LogP contribution in [0.2, 0.25) is 0 Å². The summed E-state index contributed by atoms with van der Waals surface area (Å²) < 4.78 is 0. The summed E-state index contributed by atoms with van der Waals surface area (Å²) in [5, 5.41) is 17.3. The smallest absolute Gasteiger partial charge is 0.256 e. The summed E-state index contributed by atoms with van der Waals surface area (Å²) >= 11 is 0. The highest BCUT2D eigenvalue weighted by Crippen LogP contribution is 2.48. The average Bonchev–Trinajstić information content (AvgIpc) is 2.93. The molecule has 1 saturated heterocycles. The van der Waals surface area contributed by atoms with Gasteiger partial charge < -0.3 is 15.7 Å². The number of hydrogen-bond donors (Lipinski definition) is 3. The van der Waals surface area contributed by atoms with E-state index in [1.807, 2.05) is 44.2 Å². The van der Waals surface area contributed by atoms with Gasteiger partial charge in [0.1, 0.15) is 0 Å². The molecular weight excluding hydrogens is 264 g/mol. The average molecular weight is 288 g/mol. The molecular formula is C17H24N2O2. The molecule has 4 nitrogen and oxygen atoms in total. The molecule has 3 rings (SSSR count). The molecule has 114 valence electrons. The third-order valence-electron chi connectivity index (χ3n) is 5.16. The zero-order valence-corrected chi connectivity index (χ0v) is 12.7. The number of nitrogens with one attached hydrogen (secondary N) is 2. The Hall–Kier alpha value is -1.39. The summed E-state index contributed by atoms with van der Waals surface area (Å²) in [6.07, 6.45) is 0. The van der Waals surface area contributed by atoms with Gasteiger partial charge in [-0.05, 0) is 42.3 Å². The molecule has 2 aliphatic rings. The van der Waals surface area contributed by atoms with Crippen molar-refractivity contribution in [1.29, 1.82) is 0 Å². The van der Waals surface area contributed by atoms with E-state index in [9.17, 15) is 9.90 Å². The Bertz CT molecular complexity index is 507. The zero-order valence-electron chi connectivity index (χ0n) is 12.7. The molecule has 2 fully saturated rings. The van der Waals surface area contributed by atoms with Crippen molar-refractivity contribution >= 4 is 5.91 Å². The number of carbonyl (C=O) groups is 1. The number of rotatable bonds is 5. The fraction of sp³-hybridized carbons (Fsp3) is 0.588. The highest BCUT2D eigenvalue weighted by atomic mass is 16.3. The first-order valence-electron chi connectivity index (χ1n) is 7.82. The van der Waals surface area contributed by atoms with Gasteiger partial charge >= 0.3 is 0 Å². The minimum atomic E-state index is -1.45. The maximum absolute atomic E-state index is 12.6. The van der Waals surface area contributed by atoms with Gasteiger partial charge in [0.25, 0.3) is 5.91 Å². The van der Waals surface area contributed by atoms with Crippen LogP contribution in [0.1, 0.15) is 19.4 Å². The molecule has 4 atom stereocenters. The Morgan fingerprint density at radius 2 is 1.95 bits per heavy atom. The number of amides is 1. The van der Waals surface area contributed by atoms with Gasteiger partial charge in [-0.15, -0.1) is 0 Å². The molecule has 3 N–H and O–H groups in total. The third kappa shape index (κ3) is 2.47. The number of aliphatic hydroxyl groups is 1. The molecule has 1 aromatic rings. The Kier molecular flexibility index (Phi) is 3.76. The van der Waals surface area contributed by atoms with E-state index < -0.39 is 5.60 Å². The minimum Gasteiger partial charge on any atom is -0.375 e. The van der Waals surface area contributed by atoms with E-state index in [4.69, 9.17) is 0 Å². The van der Waals surface area contributed by atoms with E-state index in [1.54, 1.807) is 0 Å². The third-order valence-corrected chi connectivity index (χ3v) is 5.16. The van der Waals surface area contributed by atoms with Crippen molar-refractivity contribution in [2.45, 2.75) is 19.4 Å². The molecule has 1 amide bonds. The Morgan fingerprint density at radius 1 is 1.33 bits per heavy atom. The molecule has 1 saturated carbocycles. The first kappa shape index (κ1) is 14.5. The van der Waals surface area contributed by atoms with E-state index in [1.165, 1.54) is 0 Å². The molecule has 0 radical (unpaired) electrons. The molecule has 21 heavy (non-hydrogen) atoms. The van der Waals surface area contributed by atoms with Crippen molar-refractivity contribution in [3.63, 3.8) is 0 Å². The van der Waals surface area contributed by atoms with Crippen molar-refractivity contribution in [3.05, 3.63) is 35.9 Å². The van der Waals surface area contributed by atoms with E-state index in [0.29, 0.717) is 29.9 Å². The second kappa shape index (κ2) is 5.43. The number of carbonyl (C=O) groups excluding carboxylic acids is 1. The lowest BCUT2D eigenvalue weighted by Crippen LogP contribution is -2.48. The van der Waals surface area contributed by atoms with Crippen LogP contribution in [-0.2, 0) is 10.4 Å². The van der Waals surface area contributed by atoms with E-state index in [2.05, 4.69) is 10.6 Å². The van der Waals surface area contributed by atoms with E-state index >= 15 is 0 Å². The van der Waals surface area contributed by atoms with Crippen molar-refractivity contribution < 1.29 is 9.90 Å². The largest absolute Gasteiger partial charge is 0.375 e. The molecule has 0 spiro atoms. The first-order valence-corrected chi connectivity index (χ1v) is 7.82. The topological polar surface area (TPSA) is 61.4 Å². The second-order valence-corrected chi connectivity index (χ2v) is 6.65. The van der Waals surface area contributed by atoms with Crippen molar-refractivity contribution in [2.24, 2.45) is 23.7 Å². The highest BCUT2D eigenvalue weighted by Gasteiger charge is 2.53. The van der Waals surface area contributed by atoms with Crippen LogP contribution in [0.3, 0.4) is 0 Å². The number of hydrogen-bond acceptors (Lipinski definition) is 3. The van der Waals surface area contributed by atoms with Crippen LogP contribution in [0.5, 0.6) is 0 Å². The normalized spacial score (nSPS) is 29.8. The van der Waals surface area contributed by atoms with E-state index in [-0.39, 0.29) is 11.8 Å². The first-order chi connectivity index (χ1) is 10.0. The molecule has 1 heterocycles. The summed E-state index contributed by atoms with van der Waals surface area (Å²) in [7, 11) is 0. The van der Waals surface area contributed by atoms with Crippen LogP contribution < -0.4 is 10.6 Å². The van der Waals surface area contributed by atoms with Gasteiger partial charge in [0.2, 0.25) is 0 Å². The van der Waals surface area contributed by atoms with Crippen LogP contribution >= 0.6 is 0 Å². The number of benzene rings is 1. The van der Waals surface area contributed by atoms with Crippen molar-refractivity contribution in [2.75, 3.05) is 19.6 Å². The van der Waals surface area contributed by atoms with Crippen LogP contribution in [0, 0.1) is 23.7 Å². The minimum absolute atomic E-state index is 0.180. The monoisotopic (exact) mass is 288 g/mol. The molecule has 4 heteroatoms. The molecule has 1 aliphatic heterocycles. The predicted octanol–water partition coefficient (Wildman–Crippen LogP) is 1.11. The second-order valence-electron chi connectivity index (χ2n) is 6.65. The van der Waals surface area contributed by atoms with Gasteiger partial charge in [-0.2, -0.15) is 0 Å². The number of fused-ring (bicyclic) bond motifs is 1. The van der Waals surface area contributed by atoms with Gasteiger partial charge in [0, 0.05) is 6.54 Å². The van der Waals surface area contributed by atoms with Gasteiger partial charge in [-0.1, -0.05) is 44.2 Å². The summed E-state index contributed by atoms with van der Waals surface area (Å²) in [5.41, 5.74) is -0.793. The number of piperidine rings is 1. The highest BCUT2D eigenvalue weighted by molar-refractivity contribution is 5.86. The van der Waals surface area contributed by atoms with Crippen LogP contribution in [0.15, 0.2) is 30.3 Å². The maximum Gasteiger partial charge on any atom is 0.256 e. The van der Waals surface area contributed by atoms with Gasteiger partial charge in [-0.3, -0.25) is 4.79 Å². The lowest BCUT2D eigenvalue weighted by atomic mass is 9.82. The Balaban J connectivity index is 1.67.